The molecular weight excluding hydrogens is 443 g/mol. The minimum absolute atomic E-state index is 0.0839. The maximum absolute atomic E-state index is 14.2. The van der Waals surface area contributed by atoms with E-state index in [0.29, 0.717) is 29.7 Å². The first-order chi connectivity index (χ1) is 16.2. The highest BCUT2D eigenvalue weighted by atomic mass is 19.4. The van der Waals surface area contributed by atoms with E-state index in [1.165, 1.54) is 17.7 Å². The summed E-state index contributed by atoms with van der Waals surface area (Å²) in [6, 6.07) is 18.0. The van der Waals surface area contributed by atoms with Crippen LogP contribution < -0.4 is 10.1 Å². The van der Waals surface area contributed by atoms with Crippen molar-refractivity contribution in [3.05, 3.63) is 77.4 Å². The molecule has 3 aromatic rings. The van der Waals surface area contributed by atoms with E-state index >= 15 is 0 Å². The van der Waals surface area contributed by atoms with E-state index in [0.717, 1.165) is 12.8 Å². The van der Waals surface area contributed by atoms with Crippen LogP contribution in [0.4, 0.5) is 18.0 Å². The number of benzene rings is 3. The van der Waals surface area contributed by atoms with Crippen molar-refractivity contribution in [2.24, 2.45) is 0 Å². The van der Waals surface area contributed by atoms with Crippen LogP contribution in [0.3, 0.4) is 0 Å². The van der Waals surface area contributed by atoms with Crippen LogP contribution in [0.2, 0.25) is 0 Å². The lowest BCUT2D eigenvalue weighted by atomic mass is 9.83. The van der Waals surface area contributed by atoms with Crippen LogP contribution in [0, 0.1) is 0 Å². The number of fused-ring (bicyclic) bond motifs is 1. The minimum atomic E-state index is -4.56. The van der Waals surface area contributed by atoms with Crippen molar-refractivity contribution in [3.63, 3.8) is 0 Å². The minimum Gasteiger partial charge on any atom is -0.490 e. The second kappa shape index (κ2) is 8.53. The molecule has 1 atom stereocenters. The third-order valence-electron chi connectivity index (χ3n) is 7.01. The predicted octanol–water partition coefficient (Wildman–Crippen LogP) is 6.92. The number of hydrogen-bond acceptors (Lipinski definition) is 3. The van der Waals surface area contributed by atoms with Crippen LogP contribution in [0.1, 0.15) is 55.2 Å². The SMILES string of the molecule is C[C@@]1(c2ccc3c(C(F)(F)F)c(O[C@H]4CC[C@@H](c5ccccc5)CC4)ccc3c2)COC(=O)N1. The van der Waals surface area contributed by atoms with Crippen molar-refractivity contribution in [2.45, 2.75) is 56.3 Å². The molecule has 178 valence electrons. The molecule has 3 aromatic carbocycles. The summed E-state index contributed by atoms with van der Waals surface area (Å²) in [5.74, 6) is 0.291. The standard InChI is InChI=1S/C27H26F3NO3/c1-26(16-33-25(32)31-26)20-10-13-22-19(15-20)9-14-23(24(22)27(28,29)30)34-21-11-7-18(8-12-21)17-5-3-2-4-6-17/h2-6,9-10,13-15,18,21H,7-8,11-12,16H2,1H3,(H,31,32)/t18-,21+,26-/m0/s1. The summed E-state index contributed by atoms with van der Waals surface area (Å²) in [4.78, 5) is 11.5. The van der Waals surface area contributed by atoms with Gasteiger partial charge in [0.1, 0.15) is 17.9 Å². The fourth-order valence-corrected chi connectivity index (χ4v) is 5.13. The molecule has 1 aliphatic carbocycles. The number of cyclic esters (lactones) is 1. The van der Waals surface area contributed by atoms with Gasteiger partial charge in [0.2, 0.25) is 0 Å². The fraction of sp³-hybridized carbons (Fsp3) is 0.370. The molecule has 0 aromatic heterocycles. The van der Waals surface area contributed by atoms with Gasteiger partial charge in [-0.2, -0.15) is 13.2 Å². The summed E-state index contributed by atoms with van der Waals surface area (Å²) < 4.78 is 53.5. The van der Waals surface area contributed by atoms with Gasteiger partial charge in [0.15, 0.2) is 0 Å². The van der Waals surface area contributed by atoms with Crippen molar-refractivity contribution < 1.29 is 27.4 Å². The van der Waals surface area contributed by atoms with E-state index < -0.39 is 23.4 Å². The summed E-state index contributed by atoms with van der Waals surface area (Å²) in [6.07, 6.45) is -2.14. The summed E-state index contributed by atoms with van der Waals surface area (Å²) in [5, 5.41) is 3.25. The molecule has 0 radical (unpaired) electrons. The van der Waals surface area contributed by atoms with Gasteiger partial charge in [0.05, 0.1) is 11.6 Å². The molecule has 1 amide bonds. The monoisotopic (exact) mass is 469 g/mol. The van der Waals surface area contributed by atoms with Gasteiger partial charge in [-0.25, -0.2) is 4.79 Å². The second-order valence-corrected chi connectivity index (χ2v) is 9.41. The number of ether oxygens (including phenoxy) is 2. The highest BCUT2D eigenvalue weighted by molar-refractivity contribution is 5.89. The number of carbonyl (C=O) groups excluding carboxylic acids is 1. The fourth-order valence-electron chi connectivity index (χ4n) is 5.13. The summed E-state index contributed by atoms with van der Waals surface area (Å²) in [5.41, 5.74) is 0.428. The first-order valence-corrected chi connectivity index (χ1v) is 11.5. The Hall–Kier alpha value is -3.22. The maximum Gasteiger partial charge on any atom is 0.420 e. The zero-order valence-corrected chi connectivity index (χ0v) is 18.8. The van der Waals surface area contributed by atoms with Crippen LogP contribution in [-0.2, 0) is 16.5 Å². The number of alkyl halides is 3. The third kappa shape index (κ3) is 4.31. The number of halogens is 3. The van der Waals surface area contributed by atoms with Crippen LogP contribution in [-0.4, -0.2) is 18.8 Å². The highest BCUT2D eigenvalue weighted by Crippen LogP contribution is 2.44. The van der Waals surface area contributed by atoms with Crippen molar-refractivity contribution >= 4 is 16.9 Å². The van der Waals surface area contributed by atoms with E-state index in [-0.39, 0.29) is 23.8 Å². The van der Waals surface area contributed by atoms with E-state index in [1.54, 1.807) is 25.1 Å². The number of rotatable bonds is 4. The molecule has 2 fully saturated rings. The quantitative estimate of drug-likeness (QED) is 0.451. The summed E-state index contributed by atoms with van der Waals surface area (Å²) >= 11 is 0. The Morgan fingerprint density at radius 1 is 1.00 bits per heavy atom. The van der Waals surface area contributed by atoms with E-state index in [9.17, 15) is 18.0 Å². The molecule has 1 N–H and O–H groups in total. The molecule has 1 saturated heterocycles. The molecule has 2 aliphatic rings. The molecule has 34 heavy (non-hydrogen) atoms. The van der Waals surface area contributed by atoms with E-state index in [1.807, 2.05) is 18.2 Å². The Labute approximate surface area is 196 Å². The lowest BCUT2D eigenvalue weighted by molar-refractivity contribution is -0.138. The molecule has 7 heteroatoms. The van der Waals surface area contributed by atoms with Gasteiger partial charge in [-0.05, 0) is 72.6 Å². The van der Waals surface area contributed by atoms with Crippen molar-refractivity contribution in [2.75, 3.05) is 6.61 Å². The first-order valence-electron chi connectivity index (χ1n) is 11.5. The van der Waals surface area contributed by atoms with Gasteiger partial charge in [-0.1, -0.05) is 48.5 Å². The van der Waals surface area contributed by atoms with Crippen LogP contribution in [0.25, 0.3) is 10.8 Å². The molecule has 1 aliphatic heterocycles. The molecule has 0 bridgehead atoms. The third-order valence-corrected chi connectivity index (χ3v) is 7.01. The number of alkyl carbamates (subject to hydrolysis) is 1. The molecule has 0 unspecified atom stereocenters. The van der Waals surface area contributed by atoms with E-state index in [4.69, 9.17) is 9.47 Å². The summed E-state index contributed by atoms with van der Waals surface area (Å²) in [6.45, 7) is 1.91. The number of nitrogens with one attached hydrogen (secondary N) is 1. The van der Waals surface area contributed by atoms with E-state index in [2.05, 4.69) is 17.4 Å². The average molecular weight is 470 g/mol. The Balaban J connectivity index is 1.40. The van der Waals surface area contributed by atoms with Gasteiger partial charge in [0.25, 0.3) is 0 Å². The molecule has 4 nitrogen and oxygen atoms in total. The van der Waals surface area contributed by atoms with Crippen LogP contribution in [0.5, 0.6) is 5.75 Å². The van der Waals surface area contributed by atoms with Gasteiger partial charge < -0.3 is 14.8 Å². The van der Waals surface area contributed by atoms with Gasteiger partial charge in [-0.3, -0.25) is 0 Å². The Bertz CT molecular complexity index is 1200. The van der Waals surface area contributed by atoms with Gasteiger partial charge in [0, 0.05) is 0 Å². The van der Waals surface area contributed by atoms with Crippen LogP contribution >= 0.6 is 0 Å². The Morgan fingerprint density at radius 2 is 1.74 bits per heavy atom. The van der Waals surface area contributed by atoms with Gasteiger partial charge >= 0.3 is 12.3 Å². The Morgan fingerprint density at radius 3 is 2.38 bits per heavy atom. The second-order valence-electron chi connectivity index (χ2n) is 9.41. The number of hydrogen-bond donors (Lipinski definition) is 1. The first kappa shape index (κ1) is 22.6. The predicted molar refractivity (Wildman–Crippen MR) is 123 cm³/mol. The van der Waals surface area contributed by atoms with Gasteiger partial charge in [-0.15, -0.1) is 0 Å². The largest absolute Gasteiger partial charge is 0.490 e. The topological polar surface area (TPSA) is 47.6 Å². The lowest BCUT2D eigenvalue weighted by Gasteiger charge is -2.30. The smallest absolute Gasteiger partial charge is 0.420 e. The van der Waals surface area contributed by atoms with Crippen molar-refractivity contribution in [1.82, 2.24) is 5.32 Å². The van der Waals surface area contributed by atoms with Crippen molar-refractivity contribution in [3.8, 4) is 5.75 Å². The molecule has 1 heterocycles. The maximum atomic E-state index is 14.2. The lowest BCUT2D eigenvalue weighted by Crippen LogP contribution is -2.37. The Kier molecular flexibility index (Phi) is 5.66. The normalized spacial score (nSPS) is 25.1. The number of carbonyl (C=O) groups is 1. The molecule has 1 saturated carbocycles. The van der Waals surface area contributed by atoms with Crippen LogP contribution in [0.15, 0.2) is 60.7 Å². The zero-order chi connectivity index (χ0) is 23.9. The molecule has 5 rings (SSSR count). The highest BCUT2D eigenvalue weighted by Gasteiger charge is 2.39. The zero-order valence-electron chi connectivity index (χ0n) is 18.8. The van der Waals surface area contributed by atoms with Crippen molar-refractivity contribution in [1.29, 1.82) is 0 Å². The number of amides is 1. The molecule has 0 spiro atoms. The average Bonchev–Trinajstić information content (AvgIpc) is 3.18. The summed E-state index contributed by atoms with van der Waals surface area (Å²) in [7, 11) is 0. The molecular formula is C27H26F3NO3.